The number of carbonyl (C=O) groups excluding carboxylic acids is 2. The Morgan fingerprint density at radius 1 is 0.758 bits per heavy atom. The van der Waals surface area contributed by atoms with E-state index < -0.39 is 48.6 Å². The molecule has 194 valence electrons. The Balaban J connectivity index is 2.15. The van der Waals surface area contributed by atoms with Gasteiger partial charge in [-0.2, -0.15) is 0 Å². The van der Waals surface area contributed by atoms with Gasteiger partial charge in [0.05, 0.1) is 0 Å². The third-order valence-corrected chi connectivity index (χ3v) is 6.35. The number of hydrogen-bond donors (Lipinski definition) is 6. The van der Waals surface area contributed by atoms with Gasteiger partial charge < -0.3 is 36.2 Å². The van der Waals surface area contributed by atoms with E-state index in [0.717, 1.165) is 19.3 Å². The van der Waals surface area contributed by atoms with Gasteiger partial charge in [0.15, 0.2) is 12.4 Å². The van der Waals surface area contributed by atoms with Gasteiger partial charge in [-0.15, -0.1) is 0 Å². The largest absolute Gasteiger partial charge is 0.387 e. The second-order valence-electron chi connectivity index (χ2n) is 9.27. The molecule has 0 aromatic carbocycles. The quantitative estimate of drug-likeness (QED) is 0.164. The predicted molar refractivity (Wildman–Crippen MR) is 125 cm³/mol. The molecule has 1 heterocycles. The lowest BCUT2D eigenvalue weighted by Gasteiger charge is -2.37. The van der Waals surface area contributed by atoms with Crippen molar-refractivity contribution in [2.45, 2.75) is 140 Å². The fraction of sp³-hybridized carbons (Fsp3) is 0.917. The summed E-state index contributed by atoms with van der Waals surface area (Å²) in [6, 6.07) is -0.938. The van der Waals surface area contributed by atoms with Crippen LogP contribution in [0.5, 0.6) is 0 Å². The maximum Gasteiger partial charge on any atom is 0.252 e. The molecule has 0 radical (unpaired) electrons. The second-order valence-corrected chi connectivity index (χ2v) is 9.27. The van der Waals surface area contributed by atoms with Crippen LogP contribution in [-0.2, 0) is 14.3 Å². The van der Waals surface area contributed by atoms with Gasteiger partial charge >= 0.3 is 0 Å². The zero-order chi connectivity index (χ0) is 24.6. The van der Waals surface area contributed by atoms with Crippen molar-refractivity contribution < 1.29 is 34.8 Å². The molecule has 1 aliphatic heterocycles. The smallest absolute Gasteiger partial charge is 0.252 e. The first-order valence-electron chi connectivity index (χ1n) is 12.8. The number of nitrogens with two attached hydrogens (primary N) is 1. The molecule has 0 bridgehead atoms. The molecule has 9 nitrogen and oxygen atoms in total. The number of hydrogen-bond acceptors (Lipinski definition) is 7. The van der Waals surface area contributed by atoms with Crippen molar-refractivity contribution >= 4 is 11.8 Å². The summed E-state index contributed by atoms with van der Waals surface area (Å²) >= 11 is 0. The standard InChI is InChI=1S/C24H46N2O7/c1-2-3-4-5-6-7-8-9-10-11-12-13-14-15-16-17(22(25)30)26-23(31)21-19(28)18(27)20(29)24(32)33-21/h17-21,24,27-29,32H,2-16H2,1H3,(H2,25,30)(H,26,31). The van der Waals surface area contributed by atoms with Gasteiger partial charge in [-0.1, -0.05) is 96.8 Å². The highest BCUT2D eigenvalue weighted by Gasteiger charge is 2.46. The van der Waals surface area contributed by atoms with Gasteiger partial charge in [-0.05, 0) is 6.42 Å². The normalized spacial score (nSPS) is 26.2. The zero-order valence-electron chi connectivity index (χ0n) is 20.2. The van der Waals surface area contributed by atoms with Crippen LogP contribution in [0, 0.1) is 0 Å². The lowest BCUT2D eigenvalue weighted by Crippen LogP contribution is -2.62. The fourth-order valence-electron chi connectivity index (χ4n) is 4.16. The molecule has 6 unspecified atom stereocenters. The number of aliphatic hydroxyl groups excluding tert-OH is 4. The molecule has 0 aliphatic carbocycles. The molecule has 6 atom stereocenters. The van der Waals surface area contributed by atoms with Crippen molar-refractivity contribution in [3.8, 4) is 0 Å². The molecule has 0 aromatic rings. The molecular formula is C24H46N2O7. The first kappa shape index (κ1) is 29.8. The zero-order valence-corrected chi connectivity index (χ0v) is 20.2. The van der Waals surface area contributed by atoms with E-state index in [4.69, 9.17) is 10.5 Å². The van der Waals surface area contributed by atoms with Gasteiger partial charge in [0.25, 0.3) is 5.91 Å². The van der Waals surface area contributed by atoms with E-state index in [0.29, 0.717) is 12.8 Å². The highest BCUT2D eigenvalue weighted by atomic mass is 16.6. The Bertz CT molecular complexity index is 549. The molecule has 1 saturated heterocycles. The minimum absolute atomic E-state index is 0.357. The summed E-state index contributed by atoms with van der Waals surface area (Å²) in [6.45, 7) is 2.24. The number of amides is 2. The lowest BCUT2D eigenvalue weighted by molar-refractivity contribution is -0.275. The molecule has 9 heteroatoms. The number of ether oxygens (including phenoxy) is 1. The maximum atomic E-state index is 12.4. The van der Waals surface area contributed by atoms with Gasteiger partial charge in [0.1, 0.15) is 24.4 Å². The third kappa shape index (κ3) is 11.6. The Kier molecular flexibility index (Phi) is 15.5. The molecule has 0 saturated carbocycles. The Morgan fingerprint density at radius 3 is 1.67 bits per heavy atom. The van der Waals surface area contributed by atoms with Gasteiger partial charge in [0, 0.05) is 0 Å². The Hall–Kier alpha value is -1.26. The molecule has 0 spiro atoms. The van der Waals surface area contributed by atoms with Crippen molar-refractivity contribution in [3.63, 3.8) is 0 Å². The second kappa shape index (κ2) is 17.2. The topological polar surface area (TPSA) is 162 Å². The average Bonchev–Trinajstić information content (AvgIpc) is 2.79. The van der Waals surface area contributed by atoms with Crippen molar-refractivity contribution in [1.29, 1.82) is 0 Å². The van der Waals surface area contributed by atoms with E-state index in [2.05, 4.69) is 12.2 Å². The van der Waals surface area contributed by atoms with Gasteiger partial charge in [-0.3, -0.25) is 9.59 Å². The highest BCUT2D eigenvalue weighted by Crippen LogP contribution is 2.20. The average molecular weight is 475 g/mol. The predicted octanol–water partition coefficient (Wildman–Crippen LogP) is 1.63. The van der Waals surface area contributed by atoms with E-state index >= 15 is 0 Å². The Labute approximate surface area is 198 Å². The van der Waals surface area contributed by atoms with Crippen LogP contribution in [0.15, 0.2) is 0 Å². The summed E-state index contributed by atoms with van der Waals surface area (Å²) in [5.74, 6) is -1.58. The molecule has 1 fully saturated rings. The summed E-state index contributed by atoms with van der Waals surface area (Å²) in [6.07, 6.45) is 8.67. The monoisotopic (exact) mass is 474 g/mol. The van der Waals surface area contributed by atoms with E-state index in [9.17, 15) is 30.0 Å². The van der Waals surface area contributed by atoms with E-state index in [1.54, 1.807) is 0 Å². The van der Waals surface area contributed by atoms with Crippen LogP contribution < -0.4 is 11.1 Å². The number of nitrogens with one attached hydrogen (secondary N) is 1. The minimum Gasteiger partial charge on any atom is -0.387 e. The van der Waals surface area contributed by atoms with Crippen LogP contribution >= 0.6 is 0 Å². The first-order chi connectivity index (χ1) is 15.8. The van der Waals surface area contributed by atoms with E-state index in [1.165, 1.54) is 64.2 Å². The van der Waals surface area contributed by atoms with Crippen molar-refractivity contribution in [3.05, 3.63) is 0 Å². The van der Waals surface area contributed by atoms with Crippen molar-refractivity contribution in [2.24, 2.45) is 5.73 Å². The molecular weight excluding hydrogens is 428 g/mol. The fourth-order valence-corrected chi connectivity index (χ4v) is 4.16. The lowest BCUT2D eigenvalue weighted by atomic mass is 9.97. The summed E-state index contributed by atoms with van der Waals surface area (Å²) in [7, 11) is 0. The van der Waals surface area contributed by atoms with Crippen LogP contribution in [0.1, 0.15) is 103 Å². The van der Waals surface area contributed by atoms with Crippen LogP contribution in [-0.4, -0.2) is 69.0 Å². The van der Waals surface area contributed by atoms with Crippen LogP contribution in [0.2, 0.25) is 0 Å². The number of rotatable bonds is 18. The van der Waals surface area contributed by atoms with Crippen LogP contribution in [0.4, 0.5) is 0 Å². The van der Waals surface area contributed by atoms with Crippen molar-refractivity contribution in [1.82, 2.24) is 5.32 Å². The first-order valence-corrected chi connectivity index (χ1v) is 12.8. The SMILES string of the molecule is CCCCCCCCCCCCCCCCC(NC(=O)C1OC(O)C(O)C(O)C1O)C(N)=O. The Morgan fingerprint density at radius 2 is 1.21 bits per heavy atom. The number of unbranched alkanes of at least 4 members (excludes halogenated alkanes) is 13. The van der Waals surface area contributed by atoms with Gasteiger partial charge in [0.2, 0.25) is 5.91 Å². The third-order valence-electron chi connectivity index (χ3n) is 6.35. The molecule has 1 rings (SSSR count). The minimum atomic E-state index is -1.82. The molecule has 0 aromatic heterocycles. The molecule has 33 heavy (non-hydrogen) atoms. The molecule has 1 aliphatic rings. The van der Waals surface area contributed by atoms with Crippen LogP contribution in [0.3, 0.4) is 0 Å². The van der Waals surface area contributed by atoms with Crippen LogP contribution in [0.25, 0.3) is 0 Å². The van der Waals surface area contributed by atoms with Crippen molar-refractivity contribution in [2.75, 3.05) is 0 Å². The van der Waals surface area contributed by atoms with Gasteiger partial charge in [-0.25, -0.2) is 0 Å². The molecule has 2 amide bonds. The van der Waals surface area contributed by atoms with E-state index in [-0.39, 0.29) is 0 Å². The number of aliphatic hydroxyl groups is 4. The summed E-state index contributed by atoms with van der Waals surface area (Å²) in [5.41, 5.74) is 5.38. The maximum absolute atomic E-state index is 12.4. The summed E-state index contributed by atoms with van der Waals surface area (Å²) in [5, 5.41) is 41.1. The van der Waals surface area contributed by atoms with E-state index in [1.807, 2.05) is 0 Å². The summed E-state index contributed by atoms with van der Waals surface area (Å²) in [4.78, 5) is 24.1. The molecule has 7 N–H and O–H groups in total. The number of carbonyl (C=O) groups is 2. The number of primary amides is 1. The summed E-state index contributed by atoms with van der Waals surface area (Å²) < 4.78 is 4.88. The highest BCUT2D eigenvalue weighted by molar-refractivity contribution is 5.89.